The summed E-state index contributed by atoms with van der Waals surface area (Å²) in [5.74, 6) is -0.0524. The van der Waals surface area contributed by atoms with Crippen LogP contribution in [0.2, 0.25) is 5.02 Å². The standard InChI is InChI=1S/C18H16ClN3O5/c1-18(12-5-4-6-13(11-12)22(25)26)16(23)21(17(24)20-18)9-10-27-15-8-3-2-7-14(15)19/h2-8,11H,9-10H2,1H3,(H,20,24). The van der Waals surface area contributed by atoms with Gasteiger partial charge in [0.05, 0.1) is 16.5 Å². The molecule has 1 fully saturated rings. The van der Waals surface area contributed by atoms with E-state index in [-0.39, 0.29) is 18.8 Å². The van der Waals surface area contributed by atoms with Gasteiger partial charge in [-0.15, -0.1) is 0 Å². The zero-order valence-corrected chi connectivity index (χ0v) is 15.1. The molecule has 0 radical (unpaired) electrons. The number of urea groups is 1. The van der Waals surface area contributed by atoms with Crippen molar-refractivity contribution in [3.05, 3.63) is 69.2 Å². The molecule has 1 unspecified atom stereocenters. The number of hydrogen-bond acceptors (Lipinski definition) is 5. The van der Waals surface area contributed by atoms with E-state index in [2.05, 4.69) is 5.32 Å². The summed E-state index contributed by atoms with van der Waals surface area (Å²) in [4.78, 5) is 36.6. The topological polar surface area (TPSA) is 102 Å². The highest BCUT2D eigenvalue weighted by atomic mass is 35.5. The fourth-order valence-corrected chi connectivity index (χ4v) is 3.03. The van der Waals surface area contributed by atoms with E-state index in [0.717, 1.165) is 4.90 Å². The van der Waals surface area contributed by atoms with Gasteiger partial charge in [-0.05, 0) is 24.6 Å². The van der Waals surface area contributed by atoms with Crippen LogP contribution in [0, 0.1) is 10.1 Å². The third-order valence-electron chi connectivity index (χ3n) is 4.32. The molecule has 27 heavy (non-hydrogen) atoms. The zero-order chi connectivity index (χ0) is 19.6. The van der Waals surface area contributed by atoms with Crippen LogP contribution in [-0.2, 0) is 10.3 Å². The third-order valence-corrected chi connectivity index (χ3v) is 4.63. The van der Waals surface area contributed by atoms with Gasteiger partial charge in [0.1, 0.15) is 17.9 Å². The Kier molecular flexibility index (Phi) is 5.00. The Bertz CT molecular complexity index is 919. The lowest BCUT2D eigenvalue weighted by Crippen LogP contribution is -2.41. The second-order valence-corrected chi connectivity index (χ2v) is 6.51. The molecular formula is C18H16ClN3O5. The van der Waals surface area contributed by atoms with Crippen molar-refractivity contribution >= 4 is 29.2 Å². The number of nitrogens with one attached hydrogen (secondary N) is 1. The molecule has 0 saturated carbocycles. The molecule has 1 aliphatic rings. The summed E-state index contributed by atoms with van der Waals surface area (Å²) >= 11 is 6.00. The molecule has 2 aromatic carbocycles. The van der Waals surface area contributed by atoms with Crippen LogP contribution >= 0.6 is 11.6 Å². The van der Waals surface area contributed by atoms with E-state index < -0.39 is 22.4 Å². The summed E-state index contributed by atoms with van der Waals surface area (Å²) in [5, 5.41) is 14.0. The van der Waals surface area contributed by atoms with Crippen molar-refractivity contribution < 1.29 is 19.2 Å². The van der Waals surface area contributed by atoms with Gasteiger partial charge in [-0.2, -0.15) is 0 Å². The van der Waals surface area contributed by atoms with Gasteiger partial charge in [0.2, 0.25) is 0 Å². The summed E-state index contributed by atoms with van der Waals surface area (Å²) in [6.07, 6.45) is 0. The number of rotatable bonds is 6. The Balaban J connectivity index is 1.73. The van der Waals surface area contributed by atoms with Crippen molar-refractivity contribution in [1.29, 1.82) is 0 Å². The second-order valence-electron chi connectivity index (χ2n) is 6.10. The number of nitro benzene ring substituents is 1. The molecule has 0 bridgehead atoms. The number of non-ortho nitro benzene ring substituents is 1. The fourth-order valence-electron chi connectivity index (χ4n) is 2.83. The highest BCUT2D eigenvalue weighted by Crippen LogP contribution is 2.31. The lowest BCUT2D eigenvalue weighted by Gasteiger charge is -2.22. The van der Waals surface area contributed by atoms with Crippen molar-refractivity contribution in [3.8, 4) is 5.75 Å². The van der Waals surface area contributed by atoms with Gasteiger partial charge >= 0.3 is 6.03 Å². The van der Waals surface area contributed by atoms with Gasteiger partial charge in [0.15, 0.2) is 0 Å². The van der Waals surface area contributed by atoms with Crippen LogP contribution in [0.25, 0.3) is 0 Å². The number of para-hydroxylation sites is 1. The first-order chi connectivity index (χ1) is 12.8. The van der Waals surface area contributed by atoms with Gasteiger partial charge in [-0.1, -0.05) is 35.9 Å². The molecule has 0 aliphatic carbocycles. The zero-order valence-electron chi connectivity index (χ0n) is 14.3. The number of amides is 3. The molecule has 1 saturated heterocycles. The minimum atomic E-state index is -1.38. The summed E-state index contributed by atoms with van der Waals surface area (Å²) in [6, 6.07) is 11.9. The predicted octanol–water partition coefficient (Wildman–Crippen LogP) is 3.09. The van der Waals surface area contributed by atoms with Crippen LogP contribution in [-0.4, -0.2) is 34.9 Å². The van der Waals surface area contributed by atoms with Gasteiger partial charge in [0.25, 0.3) is 11.6 Å². The van der Waals surface area contributed by atoms with Crippen molar-refractivity contribution in [2.45, 2.75) is 12.5 Å². The van der Waals surface area contributed by atoms with Gasteiger partial charge in [-0.3, -0.25) is 19.8 Å². The molecule has 1 aliphatic heterocycles. The van der Waals surface area contributed by atoms with E-state index in [1.807, 2.05) is 0 Å². The van der Waals surface area contributed by atoms with Crippen molar-refractivity contribution in [3.63, 3.8) is 0 Å². The fraction of sp³-hybridized carbons (Fsp3) is 0.222. The predicted molar refractivity (Wildman–Crippen MR) is 97.6 cm³/mol. The van der Waals surface area contributed by atoms with Crippen LogP contribution in [0.15, 0.2) is 48.5 Å². The highest BCUT2D eigenvalue weighted by molar-refractivity contribution is 6.32. The Hall–Kier alpha value is -3.13. The number of hydrogen-bond donors (Lipinski definition) is 1. The molecule has 1 atom stereocenters. The number of benzene rings is 2. The molecular weight excluding hydrogens is 374 g/mol. The van der Waals surface area contributed by atoms with Gasteiger partial charge in [-0.25, -0.2) is 4.79 Å². The number of carbonyl (C=O) groups excluding carboxylic acids is 2. The number of ether oxygens (including phenoxy) is 1. The molecule has 1 heterocycles. The van der Waals surface area contributed by atoms with E-state index >= 15 is 0 Å². The summed E-state index contributed by atoms with van der Waals surface area (Å²) in [5.41, 5.74) is -1.20. The monoisotopic (exact) mass is 389 g/mol. The number of halogens is 1. The average molecular weight is 390 g/mol. The van der Waals surface area contributed by atoms with E-state index in [4.69, 9.17) is 16.3 Å². The molecule has 3 rings (SSSR count). The SMILES string of the molecule is CC1(c2cccc([N+](=O)[O-])c2)NC(=O)N(CCOc2ccccc2Cl)C1=O. The van der Waals surface area contributed by atoms with Crippen LogP contribution in [0.5, 0.6) is 5.75 Å². The molecule has 9 heteroatoms. The van der Waals surface area contributed by atoms with Gasteiger partial charge in [0, 0.05) is 12.1 Å². The second kappa shape index (κ2) is 7.24. The molecule has 1 N–H and O–H groups in total. The maximum Gasteiger partial charge on any atom is 0.325 e. The quantitative estimate of drug-likeness (QED) is 0.464. The number of imide groups is 1. The summed E-state index contributed by atoms with van der Waals surface area (Å²) < 4.78 is 5.52. The Morgan fingerprint density at radius 2 is 1.96 bits per heavy atom. The summed E-state index contributed by atoms with van der Waals surface area (Å²) in [7, 11) is 0. The average Bonchev–Trinajstić information content (AvgIpc) is 2.87. The van der Waals surface area contributed by atoms with E-state index in [0.29, 0.717) is 16.3 Å². The molecule has 0 aromatic heterocycles. The van der Waals surface area contributed by atoms with Gasteiger partial charge < -0.3 is 10.1 Å². The van der Waals surface area contributed by atoms with E-state index in [9.17, 15) is 19.7 Å². The minimum absolute atomic E-state index is 0.0143. The molecule has 140 valence electrons. The number of carbonyl (C=O) groups is 2. The largest absolute Gasteiger partial charge is 0.490 e. The van der Waals surface area contributed by atoms with Crippen molar-refractivity contribution in [1.82, 2.24) is 10.2 Å². The first-order valence-corrected chi connectivity index (χ1v) is 8.47. The Labute approximate surface area is 159 Å². The molecule has 3 amide bonds. The minimum Gasteiger partial charge on any atom is -0.490 e. The molecule has 0 spiro atoms. The van der Waals surface area contributed by atoms with Crippen molar-refractivity contribution in [2.75, 3.05) is 13.2 Å². The first kappa shape index (κ1) is 18.7. The number of nitro groups is 1. The van der Waals surface area contributed by atoms with E-state index in [1.54, 1.807) is 30.3 Å². The Morgan fingerprint density at radius 3 is 2.67 bits per heavy atom. The smallest absolute Gasteiger partial charge is 0.325 e. The molecule has 8 nitrogen and oxygen atoms in total. The van der Waals surface area contributed by atoms with Crippen LogP contribution in [0.1, 0.15) is 12.5 Å². The van der Waals surface area contributed by atoms with Crippen LogP contribution < -0.4 is 10.1 Å². The highest BCUT2D eigenvalue weighted by Gasteiger charge is 2.49. The van der Waals surface area contributed by atoms with E-state index in [1.165, 1.54) is 25.1 Å². The third kappa shape index (κ3) is 3.56. The van der Waals surface area contributed by atoms with Crippen LogP contribution in [0.4, 0.5) is 10.5 Å². The normalized spacial score (nSPS) is 19.1. The maximum atomic E-state index is 12.8. The first-order valence-electron chi connectivity index (χ1n) is 8.09. The lowest BCUT2D eigenvalue weighted by molar-refractivity contribution is -0.385. The number of nitrogens with zero attached hydrogens (tertiary/aromatic N) is 2. The molecule has 2 aromatic rings. The van der Waals surface area contributed by atoms with Crippen molar-refractivity contribution in [2.24, 2.45) is 0 Å². The summed E-state index contributed by atoms with van der Waals surface area (Å²) in [6.45, 7) is 1.59. The van der Waals surface area contributed by atoms with Crippen LogP contribution in [0.3, 0.4) is 0 Å². The lowest BCUT2D eigenvalue weighted by atomic mass is 9.91. The maximum absolute atomic E-state index is 12.8. The Morgan fingerprint density at radius 1 is 1.22 bits per heavy atom.